The van der Waals surface area contributed by atoms with E-state index in [0.717, 1.165) is 31.2 Å². The Bertz CT molecular complexity index is 848. The lowest BCUT2D eigenvalue weighted by Gasteiger charge is -2.32. The molecule has 0 N–H and O–H groups in total. The predicted octanol–water partition coefficient (Wildman–Crippen LogP) is 3.42. The fourth-order valence-electron chi connectivity index (χ4n) is 4.15. The Labute approximate surface area is 158 Å². The van der Waals surface area contributed by atoms with Crippen molar-refractivity contribution >= 4 is 18.0 Å². The van der Waals surface area contributed by atoms with E-state index in [2.05, 4.69) is 0 Å². The number of nitrogens with zero attached hydrogens (tertiary/aromatic N) is 1. The van der Waals surface area contributed by atoms with Crippen LogP contribution in [0.1, 0.15) is 44.6 Å². The summed E-state index contributed by atoms with van der Waals surface area (Å²) in [6.07, 6.45) is 7.09. The Morgan fingerprint density at radius 2 is 1.93 bits per heavy atom. The van der Waals surface area contributed by atoms with Crippen molar-refractivity contribution < 1.29 is 23.8 Å². The molecule has 1 aromatic rings. The third kappa shape index (κ3) is 3.09. The van der Waals surface area contributed by atoms with Gasteiger partial charge >= 0.3 is 5.97 Å². The second-order valence-electron chi connectivity index (χ2n) is 7.09. The summed E-state index contributed by atoms with van der Waals surface area (Å²) in [6.45, 7) is 2.02. The largest absolute Gasteiger partial charge is 0.465 e. The number of hydrogen-bond donors (Lipinski definition) is 0. The molecule has 27 heavy (non-hydrogen) atoms. The van der Waals surface area contributed by atoms with E-state index in [1.54, 1.807) is 17.0 Å². The molecule has 6 nitrogen and oxygen atoms in total. The molecule has 0 bridgehead atoms. The van der Waals surface area contributed by atoms with Crippen LogP contribution in [-0.2, 0) is 14.3 Å². The SMILES string of the molecule is COC(=O)C1=C(C)N(C2CCCCC2)C(=O)C1=Cc1ccc2c(c1)OCO2. The number of benzene rings is 1. The molecule has 1 amide bonds. The quantitative estimate of drug-likeness (QED) is 0.603. The van der Waals surface area contributed by atoms with Gasteiger partial charge in [-0.05, 0) is 43.5 Å². The number of allylic oxidation sites excluding steroid dienone is 1. The lowest BCUT2D eigenvalue weighted by molar-refractivity contribution is -0.136. The minimum absolute atomic E-state index is 0.127. The maximum atomic E-state index is 13.2. The summed E-state index contributed by atoms with van der Waals surface area (Å²) in [6, 6.07) is 5.62. The zero-order valence-corrected chi connectivity index (χ0v) is 15.6. The molecule has 1 saturated carbocycles. The standard InChI is InChI=1S/C21H23NO5/c1-13-19(21(24)25-2)16(20(23)22(13)15-6-4-3-5-7-15)10-14-8-9-17-18(11-14)27-12-26-17/h8-11,15H,3-7,12H2,1-2H3. The molecule has 0 atom stereocenters. The molecule has 2 heterocycles. The van der Waals surface area contributed by atoms with Crippen LogP contribution in [0.2, 0.25) is 0 Å². The van der Waals surface area contributed by atoms with Crippen LogP contribution in [0, 0.1) is 0 Å². The van der Waals surface area contributed by atoms with Gasteiger partial charge in [0, 0.05) is 11.7 Å². The topological polar surface area (TPSA) is 65.1 Å². The van der Waals surface area contributed by atoms with Crippen molar-refractivity contribution in [1.82, 2.24) is 4.90 Å². The highest BCUT2D eigenvalue weighted by Gasteiger charge is 2.40. The van der Waals surface area contributed by atoms with Crippen LogP contribution in [0.4, 0.5) is 0 Å². The molecule has 0 saturated heterocycles. The highest BCUT2D eigenvalue weighted by Crippen LogP contribution is 2.38. The van der Waals surface area contributed by atoms with Crippen molar-refractivity contribution in [2.45, 2.75) is 45.1 Å². The molecule has 4 rings (SSSR count). The Hall–Kier alpha value is -2.76. The normalized spacial score (nSPS) is 21.3. The smallest absolute Gasteiger partial charge is 0.340 e. The van der Waals surface area contributed by atoms with Gasteiger partial charge in [0.2, 0.25) is 6.79 Å². The summed E-state index contributed by atoms with van der Waals surface area (Å²) in [5.41, 5.74) is 2.20. The number of methoxy groups -OCH3 is 1. The van der Waals surface area contributed by atoms with E-state index >= 15 is 0 Å². The van der Waals surface area contributed by atoms with Crippen molar-refractivity contribution in [2.24, 2.45) is 0 Å². The predicted molar refractivity (Wildman–Crippen MR) is 99.0 cm³/mol. The van der Waals surface area contributed by atoms with E-state index in [1.165, 1.54) is 13.5 Å². The molecule has 0 aromatic heterocycles. The fourth-order valence-corrected chi connectivity index (χ4v) is 4.15. The number of fused-ring (bicyclic) bond motifs is 1. The van der Waals surface area contributed by atoms with Crippen LogP contribution in [-0.4, -0.2) is 36.7 Å². The van der Waals surface area contributed by atoms with Crippen molar-refractivity contribution in [3.8, 4) is 11.5 Å². The van der Waals surface area contributed by atoms with Gasteiger partial charge in [-0.25, -0.2) is 4.79 Å². The lowest BCUT2D eigenvalue weighted by atomic mass is 9.94. The van der Waals surface area contributed by atoms with Crippen molar-refractivity contribution in [2.75, 3.05) is 13.9 Å². The van der Waals surface area contributed by atoms with E-state index in [-0.39, 0.29) is 18.7 Å². The third-order valence-corrected chi connectivity index (χ3v) is 5.48. The van der Waals surface area contributed by atoms with Gasteiger partial charge in [-0.3, -0.25) is 4.79 Å². The first kappa shape index (κ1) is 17.6. The first-order valence-corrected chi connectivity index (χ1v) is 9.34. The summed E-state index contributed by atoms with van der Waals surface area (Å²) in [4.78, 5) is 27.5. The van der Waals surface area contributed by atoms with Crippen molar-refractivity contribution in [3.05, 3.63) is 40.6 Å². The minimum atomic E-state index is -0.480. The number of rotatable bonds is 3. The summed E-state index contributed by atoms with van der Waals surface area (Å²) in [7, 11) is 1.34. The molecule has 6 heteroatoms. The van der Waals surface area contributed by atoms with Crippen molar-refractivity contribution in [3.63, 3.8) is 0 Å². The number of ether oxygens (including phenoxy) is 3. The zero-order valence-electron chi connectivity index (χ0n) is 15.6. The number of carbonyl (C=O) groups excluding carboxylic acids is 2. The van der Waals surface area contributed by atoms with E-state index in [9.17, 15) is 9.59 Å². The fraction of sp³-hybridized carbons (Fsp3) is 0.429. The Morgan fingerprint density at radius 3 is 2.67 bits per heavy atom. The van der Waals surface area contributed by atoms with Gasteiger partial charge in [0.05, 0.1) is 18.3 Å². The van der Waals surface area contributed by atoms with Gasteiger partial charge in [-0.1, -0.05) is 25.3 Å². The van der Waals surface area contributed by atoms with E-state index in [4.69, 9.17) is 14.2 Å². The Kier molecular flexibility index (Phi) is 4.64. The molecule has 1 fully saturated rings. The van der Waals surface area contributed by atoms with Crippen LogP contribution >= 0.6 is 0 Å². The average Bonchev–Trinajstić information content (AvgIpc) is 3.24. The van der Waals surface area contributed by atoms with Gasteiger partial charge in [0.15, 0.2) is 11.5 Å². The van der Waals surface area contributed by atoms with Crippen LogP contribution < -0.4 is 9.47 Å². The zero-order chi connectivity index (χ0) is 19.0. The molecule has 3 aliphatic rings. The van der Waals surface area contributed by atoms with Crippen LogP contribution in [0.15, 0.2) is 35.0 Å². The maximum Gasteiger partial charge on any atom is 0.340 e. The molecular formula is C21H23NO5. The maximum absolute atomic E-state index is 13.2. The highest BCUT2D eigenvalue weighted by molar-refractivity contribution is 6.16. The minimum Gasteiger partial charge on any atom is -0.465 e. The first-order chi connectivity index (χ1) is 13.1. The van der Waals surface area contributed by atoms with Crippen LogP contribution in [0.5, 0.6) is 11.5 Å². The second kappa shape index (κ2) is 7.10. The number of amides is 1. The third-order valence-electron chi connectivity index (χ3n) is 5.48. The molecule has 142 valence electrons. The number of hydrogen-bond acceptors (Lipinski definition) is 5. The molecule has 0 spiro atoms. The number of carbonyl (C=O) groups is 2. The van der Waals surface area contributed by atoms with Crippen molar-refractivity contribution in [1.29, 1.82) is 0 Å². The van der Waals surface area contributed by atoms with E-state index in [0.29, 0.717) is 28.3 Å². The summed E-state index contributed by atoms with van der Waals surface area (Å²) >= 11 is 0. The Balaban J connectivity index is 1.73. The van der Waals surface area contributed by atoms with E-state index < -0.39 is 5.97 Å². The monoisotopic (exact) mass is 369 g/mol. The summed E-state index contributed by atoms with van der Waals surface area (Å²) in [5, 5.41) is 0. The van der Waals surface area contributed by atoms with Crippen LogP contribution in [0.3, 0.4) is 0 Å². The summed E-state index contributed by atoms with van der Waals surface area (Å²) < 4.78 is 15.7. The molecular weight excluding hydrogens is 346 g/mol. The van der Waals surface area contributed by atoms with Gasteiger partial charge in [0.1, 0.15) is 0 Å². The van der Waals surface area contributed by atoms with E-state index in [1.807, 2.05) is 19.1 Å². The second-order valence-corrected chi connectivity index (χ2v) is 7.09. The van der Waals surface area contributed by atoms with Crippen LogP contribution in [0.25, 0.3) is 6.08 Å². The van der Waals surface area contributed by atoms with Gasteiger partial charge < -0.3 is 19.1 Å². The Morgan fingerprint density at radius 1 is 1.19 bits per heavy atom. The lowest BCUT2D eigenvalue weighted by Crippen LogP contribution is -2.37. The van der Waals surface area contributed by atoms with Gasteiger partial charge in [-0.2, -0.15) is 0 Å². The first-order valence-electron chi connectivity index (χ1n) is 9.34. The average molecular weight is 369 g/mol. The molecule has 0 unspecified atom stereocenters. The molecule has 2 aliphatic heterocycles. The summed E-state index contributed by atoms with van der Waals surface area (Å²) in [5.74, 6) is 0.710. The van der Waals surface area contributed by atoms with Gasteiger partial charge in [0.25, 0.3) is 5.91 Å². The molecule has 1 aliphatic carbocycles. The highest BCUT2D eigenvalue weighted by atomic mass is 16.7. The molecule has 1 aromatic carbocycles. The molecule has 0 radical (unpaired) electrons. The number of esters is 1. The van der Waals surface area contributed by atoms with Gasteiger partial charge in [-0.15, -0.1) is 0 Å².